The van der Waals surface area contributed by atoms with Gasteiger partial charge in [0, 0.05) is 54.4 Å². The Labute approximate surface area is 179 Å². The van der Waals surface area contributed by atoms with Crippen molar-refractivity contribution in [3.63, 3.8) is 0 Å². The second-order valence-electron chi connectivity index (χ2n) is 6.89. The molecule has 3 aromatic rings. The van der Waals surface area contributed by atoms with Gasteiger partial charge in [-0.1, -0.05) is 17.7 Å². The van der Waals surface area contributed by atoms with Gasteiger partial charge in [-0.05, 0) is 54.8 Å². The molecule has 0 fully saturated rings. The van der Waals surface area contributed by atoms with E-state index in [-0.39, 0.29) is 18.1 Å². The topological polar surface area (TPSA) is 81.3 Å². The summed E-state index contributed by atoms with van der Waals surface area (Å²) in [7, 11) is 1.67. The molecule has 0 unspecified atom stereocenters. The molecule has 1 heterocycles. The van der Waals surface area contributed by atoms with Crippen molar-refractivity contribution in [1.82, 2.24) is 15.6 Å². The molecule has 0 aliphatic carbocycles. The molecular weight excluding hydrogens is 405 g/mol. The zero-order valence-electron chi connectivity index (χ0n) is 17.0. The third kappa shape index (κ3) is 5.51. The molecule has 0 saturated heterocycles. The number of rotatable bonds is 7. The molecule has 6 nitrogen and oxygen atoms in total. The van der Waals surface area contributed by atoms with Crippen molar-refractivity contribution in [3.05, 3.63) is 64.6 Å². The number of nitrogens with zero attached hydrogens (tertiary/aromatic N) is 1. The van der Waals surface area contributed by atoms with Crippen LogP contribution in [0.2, 0.25) is 5.02 Å². The molecular formula is C22H25ClFN5O. The summed E-state index contributed by atoms with van der Waals surface area (Å²) >= 11 is 6.08. The minimum absolute atomic E-state index is 0.107. The molecule has 4 N–H and O–H groups in total. The number of amides is 1. The minimum Gasteiger partial charge on any atom is -0.361 e. The van der Waals surface area contributed by atoms with Gasteiger partial charge in [0.25, 0.3) is 0 Å². The first-order valence-electron chi connectivity index (χ1n) is 9.73. The van der Waals surface area contributed by atoms with Crippen LogP contribution in [-0.4, -0.2) is 37.0 Å². The molecule has 0 saturated carbocycles. The van der Waals surface area contributed by atoms with Crippen LogP contribution < -0.4 is 16.0 Å². The normalized spacial score (nSPS) is 11.5. The number of aromatic amines is 1. The van der Waals surface area contributed by atoms with Gasteiger partial charge in [0.15, 0.2) is 5.96 Å². The Hall–Kier alpha value is -3.06. The van der Waals surface area contributed by atoms with E-state index in [0.29, 0.717) is 36.2 Å². The highest BCUT2D eigenvalue weighted by Crippen LogP contribution is 2.23. The van der Waals surface area contributed by atoms with Crippen LogP contribution in [0.3, 0.4) is 0 Å². The highest BCUT2D eigenvalue weighted by Gasteiger charge is 2.08. The first-order chi connectivity index (χ1) is 14.5. The third-order valence-electron chi connectivity index (χ3n) is 4.83. The summed E-state index contributed by atoms with van der Waals surface area (Å²) in [5.41, 5.74) is 3.50. The standard InChI is InChI=1S/C22H25ClFN5O/c1-14-18(23)4-3-5-19(14)29-21(30)9-11-27-22(25-2)26-10-8-15-13-28-20-7-6-16(24)12-17(15)20/h3-7,12-13,28H,8-11H2,1-2H3,(H,29,30)(H2,25,26,27). The number of fused-ring (bicyclic) bond motifs is 1. The van der Waals surface area contributed by atoms with E-state index >= 15 is 0 Å². The SMILES string of the molecule is CN=C(NCCC(=O)Nc1cccc(Cl)c1C)NCCc1c[nH]c2ccc(F)cc12. The molecule has 0 aliphatic rings. The predicted molar refractivity (Wildman–Crippen MR) is 121 cm³/mol. The van der Waals surface area contributed by atoms with Crippen LogP contribution in [0.1, 0.15) is 17.5 Å². The lowest BCUT2D eigenvalue weighted by atomic mass is 10.1. The van der Waals surface area contributed by atoms with Crippen molar-refractivity contribution in [1.29, 1.82) is 0 Å². The highest BCUT2D eigenvalue weighted by atomic mass is 35.5. The number of nitrogens with one attached hydrogen (secondary N) is 4. The Bertz CT molecular complexity index is 1060. The van der Waals surface area contributed by atoms with Crippen molar-refractivity contribution >= 4 is 40.1 Å². The number of aromatic nitrogens is 1. The maximum Gasteiger partial charge on any atom is 0.226 e. The average Bonchev–Trinajstić information content (AvgIpc) is 3.12. The van der Waals surface area contributed by atoms with Gasteiger partial charge in [-0.25, -0.2) is 4.39 Å². The number of halogens is 2. The van der Waals surface area contributed by atoms with E-state index in [0.717, 1.165) is 22.0 Å². The van der Waals surface area contributed by atoms with Gasteiger partial charge in [0.1, 0.15) is 5.82 Å². The Morgan fingerprint density at radius 2 is 2.00 bits per heavy atom. The Morgan fingerprint density at radius 3 is 2.80 bits per heavy atom. The lowest BCUT2D eigenvalue weighted by Crippen LogP contribution is -2.39. The van der Waals surface area contributed by atoms with E-state index in [4.69, 9.17) is 11.6 Å². The maximum atomic E-state index is 13.5. The maximum absolute atomic E-state index is 13.5. The van der Waals surface area contributed by atoms with E-state index in [1.807, 2.05) is 19.2 Å². The number of H-pyrrole nitrogens is 1. The third-order valence-corrected chi connectivity index (χ3v) is 5.24. The van der Waals surface area contributed by atoms with Crippen LogP contribution in [0.15, 0.2) is 47.6 Å². The highest BCUT2D eigenvalue weighted by molar-refractivity contribution is 6.31. The Kier molecular flexibility index (Phi) is 7.30. The summed E-state index contributed by atoms with van der Waals surface area (Å²) in [5, 5.41) is 10.7. The van der Waals surface area contributed by atoms with Gasteiger partial charge in [0.2, 0.25) is 5.91 Å². The van der Waals surface area contributed by atoms with Crippen LogP contribution in [0, 0.1) is 12.7 Å². The summed E-state index contributed by atoms with van der Waals surface area (Å²) in [4.78, 5) is 19.5. The lowest BCUT2D eigenvalue weighted by molar-refractivity contribution is -0.116. The van der Waals surface area contributed by atoms with Gasteiger partial charge >= 0.3 is 0 Å². The lowest BCUT2D eigenvalue weighted by Gasteiger charge is -2.12. The van der Waals surface area contributed by atoms with Crippen molar-refractivity contribution < 1.29 is 9.18 Å². The van der Waals surface area contributed by atoms with Gasteiger partial charge < -0.3 is 20.9 Å². The molecule has 1 aromatic heterocycles. The fourth-order valence-corrected chi connectivity index (χ4v) is 3.32. The van der Waals surface area contributed by atoms with Gasteiger partial charge in [0.05, 0.1) is 0 Å². The van der Waals surface area contributed by atoms with E-state index in [1.165, 1.54) is 12.1 Å². The van der Waals surface area contributed by atoms with E-state index in [9.17, 15) is 9.18 Å². The van der Waals surface area contributed by atoms with Crippen molar-refractivity contribution in [3.8, 4) is 0 Å². The molecule has 0 aliphatic heterocycles. The number of anilines is 1. The summed E-state index contributed by atoms with van der Waals surface area (Å²) in [6.45, 7) is 2.92. The number of hydrogen-bond donors (Lipinski definition) is 4. The van der Waals surface area contributed by atoms with Crippen LogP contribution in [0.25, 0.3) is 10.9 Å². The minimum atomic E-state index is -0.250. The average molecular weight is 430 g/mol. The van der Waals surface area contributed by atoms with Crippen molar-refractivity contribution in [2.75, 3.05) is 25.5 Å². The van der Waals surface area contributed by atoms with Crippen LogP contribution >= 0.6 is 11.6 Å². The van der Waals surface area contributed by atoms with Gasteiger partial charge in [-0.3, -0.25) is 9.79 Å². The smallest absolute Gasteiger partial charge is 0.226 e. The fraction of sp³-hybridized carbons (Fsp3) is 0.273. The molecule has 0 atom stereocenters. The van der Waals surface area contributed by atoms with Crippen molar-refractivity contribution in [2.45, 2.75) is 19.8 Å². The molecule has 30 heavy (non-hydrogen) atoms. The largest absolute Gasteiger partial charge is 0.361 e. The summed E-state index contributed by atoms with van der Waals surface area (Å²) in [6, 6.07) is 10.1. The molecule has 3 rings (SSSR count). The zero-order chi connectivity index (χ0) is 21.5. The summed E-state index contributed by atoms with van der Waals surface area (Å²) in [5.74, 6) is 0.247. The van der Waals surface area contributed by atoms with Crippen LogP contribution in [-0.2, 0) is 11.2 Å². The number of benzene rings is 2. The van der Waals surface area contributed by atoms with Gasteiger partial charge in [-0.2, -0.15) is 0 Å². The van der Waals surface area contributed by atoms with Crippen LogP contribution in [0.4, 0.5) is 10.1 Å². The molecule has 0 bridgehead atoms. The Balaban J connectivity index is 1.43. The molecule has 8 heteroatoms. The summed E-state index contributed by atoms with van der Waals surface area (Å²) in [6.07, 6.45) is 2.89. The van der Waals surface area contributed by atoms with Crippen LogP contribution in [0.5, 0.6) is 0 Å². The number of carbonyl (C=O) groups excluding carboxylic acids is 1. The number of carbonyl (C=O) groups is 1. The summed E-state index contributed by atoms with van der Waals surface area (Å²) < 4.78 is 13.5. The second-order valence-corrected chi connectivity index (χ2v) is 7.30. The second kappa shape index (κ2) is 10.1. The first kappa shape index (κ1) is 21.6. The Morgan fingerprint density at radius 1 is 1.20 bits per heavy atom. The number of aliphatic imine (C=N–C) groups is 1. The van der Waals surface area contributed by atoms with Crippen molar-refractivity contribution in [2.24, 2.45) is 4.99 Å². The fourth-order valence-electron chi connectivity index (χ4n) is 3.14. The first-order valence-corrected chi connectivity index (χ1v) is 10.1. The molecule has 0 spiro atoms. The molecule has 158 valence electrons. The van der Waals surface area contributed by atoms with E-state index < -0.39 is 0 Å². The molecule has 0 radical (unpaired) electrons. The number of guanidine groups is 1. The zero-order valence-corrected chi connectivity index (χ0v) is 17.7. The van der Waals surface area contributed by atoms with Gasteiger partial charge in [-0.15, -0.1) is 0 Å². The molecule has 2 aromatic carbocycles. The quantitative estimate of drug-likeness (QED) is 0.338. The van der Waals surface area contributed by atoms with E-state index in [1.54, 1.807) is 25.2 Å². The van der Waals surface area contributed by atoms with E-state index in [2.05, 4.69) is 25.9 Å². The number of hydrogen-bond acceptors (Lipinski definition) is 2. The predicted octanol–water partition coefficient (Wildman–Crippen LogP) is 4.01. The monoisotopic (exact) mass is 429 g/mol. The molecule has 1 amide bonds.